The van der Waals surface area contributed by atoms with Crippen molar-refractivity contribution < 1.29 is 17.7 Å². The van der Waals surface area contributed by atoms with Gasteiger partial charge < -0.3 is 9.26 Å². The highest BCUT2D eigenvalue weighted by Gasteiger charge is 2.30. The topological polar surface area (TPSA) is 94.3 Å². The van der Waals surface area contributed by atoms with Gasteiger partial charge in [0.15, 0.2) is 5.82 Å². The molecule has 4 rings (SSSR count). The third-order valence-corrected chi connectivity index (χ3v) is 6.43. The van der Waals surface area contributed by atoms with Crippen LogP contribution in [0.25, 0.3) is 10.8 Å². The zero-order chi connectivity index (χ0) is 18.3. The van der Waals surface area contributed by atoms with Crippen LogP contribution < -0.4 is 9.46 Å². The summed E-state index contributed by atoms with van der Waals surface area (Å²) in [5.41, 5.74) is 0.364. The third kappa shape index (κ3) is 3.29. The second-order valence-corrected chi connectivity index (χ2v) is 8.80. The van der Waals surface area contributed by atoms with Crippen molar-refractivity contribution in [2.75, 3.05) is 11.8 Å². The van der Waals surface area contributed by atoms with Crippen molar-refractivity contribution in [3.8, 4) is 16.5 Å². The molecule has 3 aromatic rings. The van der Waals surface area contributed by atoms with E-state index in [2.05, 4.69) is 14.9 Å². The fourth-order valence-corrected chi connectivity index (χ4v) is 4.79. The maximum atomic E-state index is 12.8. The lowest BCUT2D eigenvalue weighted by atomic mass is 10.3. The number of anilines is 1. The second-order valence-electron chi connectivity index (χ2n) is 5.80. The first-order valence-electron chi connectivity index (χ1n) is 7.76. The van der Waals surface area contributed by atoms with E-state index in [0.717, 1.165) is 12.8 Å². The van der Waals surface area contributed by atoms with E-state index in [0.29, 0.717) is 33.2 Å². The minimum absolute atomic E-state index is 0.0474. The van der Waals surface area contributed by atoms with Gasteiger partial charge in [-0.25, -0.2) is 8.42 Å². The van der Waals surface area contributed by atoms with Crippen molar-refractivity contribution in [1.82, 2.24) is 10.1 Å². The summed E-state index contributed by atoms with van der Waals surface area (Å²) in [5.74, 6) is 1.52. The first-order chi connectivity index (χ1) is 12.5. The highest BCUT2D eigenvalue weighted by atomic mass is 35.5. The van der Waals surface area contributed by atoms with Crippen LogP contribution in [-0.2, 0) is 10.0 Å². The van der Waals surface area contributed by atoms with E-state index in [1.165, 1.54) is 30.6 Å². The molecule has 1 saturated carbocycles. The predicted octanol–water partition coefficient (Wildman–Crippen LogP) is 4.14. The normalized spacial score (nSPS) is 14.4. The smallest absolute Gasteiger partial charge is 0.270 e. The van der Waals surface area contributed by atoms with E-state index in [1.54, 1.807) is 17.5 Å². The number of thiophene rings is 1. The summed E-state index contributed by atoms with van der Waals surface area (Å²) in [5, 5.41) is 6.02. The van der Waals surface area contributed by atoms with Crippen LogP contribution in [0.2, 0.25) is 5.02 Å². The van der Waals surface area contributed by atoms with Gasteiger partial charge in [0.25, 0.3) is 15.9 Å². The predicted molar refractivity (Wildman–Crippen MR) is 98.4 cm³/mol. The van der Waals surface area contributed by atoms with Crippen molar-refractivity contribution >= 4 is 38.6 Å². The number of benzene rings is 1. The minimum atomic E-state index is -3.92. The number of sulfonamides is 1. The quantitative estimate of drug-likeness (QED) is 0.655. The lowest BCUT2D eigenvalue weighted by Crippen LogP contribution is -2.14. The maximum absolute atomic E-state index is 12.8. The Labute approximate surface area is 159 Å². The molecule has 1 fully saturated rings. The number of halogens is 1. The molecule has 0 atom stereocenters. The molecule has 1 N–H and O–H groups in total. The van der Waals surface area contributed by atoms with Crippen LogP contribution in [0.5, 0.6) is 5.75 Å². The number of aromatic nitrogens is 2. The summed E-state index contributed by atoms with van der Waals surface area (Å²) < 4.78 is 38.7. The molecule has 0 spiro atoms. The largest absolute Gasteiger partial charge is 0.495 e. The molecule has 0 bridgehead atoms. The summed E-state index contributed by atoms with van der Waals surface area (Å²) in [6.45, 7) is 0. The zero-order valence-corrected chi connectivity index (χ0v) is 16.0. The fourth-order valence-electron chi connectivity index (χ4n) is 2.45. The average Bonchev–Trinajstić information content (AvgIpc) is 3.17. The SMILES string of the molecule is COc1ccc(Cl)cc1S(=O)(=O)Nc1ccsc1-c1nc(C2CC2)no1. The van der Waals surface area contributed by atoms with Gasteiger partial charge in [0.1, 0.15) is 15.5 Å². The van der Waals surface area contributed by atoms with Crippen LogP contribution in [0.15, 0.2) is 39.1 Å². The second kappa shape index (κ2) is 6.57. The van der Waals surface area contributed by atoms with Gasteiger partial charge in [-0.3, -0.25) is 4.72 Å². The van der Waals surface area contributed by atoms with Crippen LogP contribution >= 0.6 is 22.9 Å². The van der Waals surface area contributed by atoms with Crippen LogP contribution in [0, 0.1) is 0 Å². The van der Waals surface area contributed by atoms with E-state index < -0.39 is 10.0 Å². The molecular formula is C16H14ClN3O4S2. The van der Waals surface area contributed by atoms with Crippen molar-refractivity contribution in [2.45, 2.75) is 23.7 Å². The Morgan fingerprint density at radius 3 is 2.88 bits per heavy atom. The molecule has 26 heavy (non-hydrogen) atoms. The van der Waals surface area contributed by atoms with Gasteiger partial charge in [-0.2, -0.15) is 4.98 Å². The third-order valence-electron chi connectivity index (χ3n) is 3.90. The Morgan fingerprint density at radius 2 is 2.15 bits per heavy atom. The number of nitrogens with zero attached hydrogens (tertiary/aromatic N) is 2. The summed E-state index contributed by atoms with van der Waals surface area (Å²) in [4.78, 5) is 4.89. The summed E-state index contributed by atoms with van der Waals surface area (Å²) in [6, 6.07) is 6.06. The number of hydrogen-bond acceptors (Lipinski definition) is 7. The molecule has 0 amide bonds. The lowest BCUT2D eigenvalue weighted by molar-refractivity contribution is 0.403. The van der Waals surface area contributed by atoms with E-state index in [4.69, 9.17) is 20.9 Å². The fraction of sp³-hybridized carbons (Fsp3) is 0.250. The van der Waals surface area contributed by atoms with Gasteiger partial charge in [-0.1, -0.05) is 16.8 Å². The Balaban J connectivity index is 1.67. The molecule has 2 aromatic heterocycles. The van der Waals surface area contributed by atoms with Crippen molar-refractivity contribution in [2.24, 2.45) is 0 Å². The van der Waals surface area contributed by atoms with E-state index in [-0.39, 0.29) is 10.6 Å². The average molecular weight is 412 g/mol. The van der Waals surface area contributed by atoms with Crippen LogP contribution in [-0.4, -0.2) is 25.7 Å². The van der Waals surface area contributed by atoms with Gasteiger partial charge in [-0.15, -0.1) is 11.3 Å². The van der Waals surface area contributed by atoms with Gasteiger partial charge in [0, 0.05) is 10.9 Å². The van der Waals surface area contributed by atoms with Gasteiger partial charge in [-0.05, 0) is 42.5 Å². The molecule has 1 aliphatic rings. The van der Waals surface area contributed by atoms with Crippen molar-refractivity contribution in [1.29, 1.82) is 0 Å². The monoisotopic (exact) mass is 411 g/mol. The molecule has 0 unspecified atom stereocenters. The summed E-state index contributed by atoms with van der Waals surface area (Å²) in [6.07, 6.45) is 2.11. The molecule has 136 valence electrons. The van der Waals surface area contributed by atoms with Gasteiger partial charge in [0.05, 0.1) is 12.8 Å². The number of rotatable bonds is 6. The lowest BCUT2D eigenvalue weighted by Gasteiger charge is -2.11. The highest BCUT2D eigenvalue weighted by molar-refractivity contribution is 7.92. The van der Waals surface area contributed by atoms with Crippen LogP contribution in [0.3, 0.4) is 0 Å². The van der Waals surface area contributed by atoms with Crippen LogP contribution in [0.1, 0.15) is 24.6 Å². The van der Waals surface area contributed by atoms with Crippen molar-refractivity contribution in [3.63, 3.8) is 0 Å². The Morgan fingerprint density at radius 1 is 1.35 bits per heavy atom. The standard InChI is InChI=1S/C16H14ClN3O4S2/c1-23-12-5-4-10(17)8-13(12)26(21,22)20-11-6-7-25-14(11)16-18-15(19-24-16)9-2-3-9/h4-9,20H,2-3H2,1H3. The first-order valence-corrected chi connectivity index (χ1v) is 10.5. The number of methoxy groups -OCH3 is 1. The highest BCUT2D eigenvalue weighted by Crippen LogP contribution is 2.41. The first kappa shape index (κ1) is 17.3. The summed E-state index contributed by atoms with van der Waals surface area (Å²) in [7, 11) is -2.52. The molecular weight excluding hydrogens is 398 g/mol. The minimum Gasteiger partial charge on any atom is -0.495 e. The maximum Gasteiger partial charge on any atom is 0.270 e. The Bertz CT molecular complexity index is 1060. The molecule has 10 heteroatoms. The molecule has 1 aromatic carbocycles. The number of nitrogens with one attached hydrogen (secondary N) is 1. The molecule has 2 heterocycles. The van der Waals surface area contributed by atoms with Gasteiger partial charge >= 0.3 is 0 Å². The molecule has 0 saturated heterocycles. The number of ether oxygens (including phenoxy) is 1. The Kier molecular flexibility index (Phi) is 4.37. The van der Waals surface area contributed by atoms with E-state index in [1.807, 2.05) is 0 Å². The number of hydrogen-bond donors (Lipinski definition) is 1. The molecule has 1 aliphatic carbocycles. The van der Waals surface area contributed by atoms with E-state index in [9.17, 15) is 8.42 Å². The Hall–Kier alpha value is -2.10. The zero-order valence-electron chi connectivity index (χ0n) is 13.6. The van der Waals surface area contributed by atoms with E-state index >= 15 is 0 Å². The summed E-state index contributed by atoms with van der Waals surface area (Å²) >= 11 is 7.26. The van der Waals surface area contributed by atoms with Gasteiger partial charge in [0.2, 0.25) is 0 Å². The van der Waals surface area contributed by atoms with Crippen LogP contribution in [0.4, 0.5) is 5.69 Å². The molecule has 0 radical (unpaired) electrons. The molecule has 0 aliphatic heterocycles. The molecule has 7 nitrogen and oxygen atoms in total. The van der Waals surface area contributed by atoms with Crippen molar-refractivity contribution in [3.05, 3.63) is 40.5 Å².